The summed E-state index contributed by atoms with van der Waals surface area (Å²) in [5, 5.41) is 8.88. The minimum absolute atomic E-state index is 0.0650. The molecule has 1 amide bonds. The molecule has 0 N–H and O–H groups in total. The van der Waals surface area contributed by atoms with Crippen LogP contribution < -0.4 is 4.90 Å². The zero-order valence-electron chi connectivity index (χ0n) is 10.6. The number of ether oxygens (including phenoxy) is 1. The van der Waals surface area contributed by atoms with E-state index in [9.17, 15) is 4.79 Å². The molecule has 0 atom stereocenters. The molecule has 0 aliphatic carbocycles. The molecule has 0 spiro atoms. The summed E-state index contributed by atoms with van der Waals surface area (Å²) in [6, 6.07) is 1.78. The van der Waals surface area contributed by atoms with Gasteiger partial charge in [-0.05, 0) is 20.8 Å². The number of hydrogen-bond donors (Lipinski definition) is 0. The Morgan fingerprint density at radius 1 is 1.56 bits per heavy atom. The highest BCUT2D eigenvalue weighted by Gasteiger charge is 2.23. The number of halogens is 1. The van der Waals surface area contributed by atoms with Crippen molar-refractivity contribution in [2.75, 3.05) is 11.9 Å². The number of hydrogen-bond acceptors (Lipinski definition) is 5. The lowest BCUT2D eigenvalue weighted by atomic mass is 10.2. The molecule has 96 valence electrons. The van der Waals surface area contributed by atoms with E-state index in [2.05, 4.69) is 9.97 Å². The molecular formula is C11H13ClN4O2. The number of nitriles is 1. The molecule has 7 heteroatoms. The van der Waals surface area contributed by atoms with Crippen LogP contribution >= 0.6 is 11.6 Å². The Morgan fingerprint density at radius 2 is 2.17 bits per heavy atom. The van der Waals surface area contributed by atoms with Crippen molar-refractivity contribution >= 4 is 23.5 Å². The molecule has 0 unspecified atom stereocenters. The van der Waals surface area contributed by atoms with E-state index in [0.29, 0.717) is 0 Å². The van der Waals surface area contributed by atoms with Gasteiger partial charge in [0.2, 0.25) is 5.82 Å². The van der Waals surface area contributed by atoms with Crippen LogP contribution in [0.25, 0.3) is 0 Å². The molecule has 18 heavy (non-hydrogen) atoms. The van der Waals surface area contributed by atoms with Crippen LogP contribution in [0.5, 0.6) is 0 Å². The first kappa shape index (κ1) is 14.2. The van der Waals surface area contributed by atoms with E-state index >= 15 is 0 Å². The monoisotopic (exact) mass is 268 g/mol. The average molecular weight is 269 g/mol. The van der Waals surface area contributed by atoms with Crippen molar-refractivity contribution in [3.8, 4) is 6.07 Å². The second-order valence-corrected chi connectivity index (χ2v) is 4.92. The van der Waals surface area contributed by atoms with Crippen molar-refractivity contribution < 1.29 is 9.53 Å². The molecule has 1 heterocycles. The first-order valence-corrected chi connectivity index (χ1v) is 5.52. The zero-order valence-corrected chi connectivity index (χ0v) is 11.3. The molecule has 0 bridgehead atoms. The fourth-order valence-electron chi connectivity index (χ4n) is 1.06. The van der Waals surface area contributed by atoms with E-state index in [1.54, 1.807) is 26.8 Å². The summed E-state index contributed by atoms with van der Waals surface area (Å²) in [4.78, 5) is 20.5. The number of anilines is 1. The molecule has 6 nitrogen and oxygen atoms in total. The Labute approximate surface area is 110 Å². The summed E-state index contributed by atoms with van der Waals surface area (Å²) in [6.07, 6.45) is 0.663. The maximum absolute atomic E-state index is 11.8. The number of aromatic nitrogens is 2. The molecule has 0 saturated carbocycles. The topological polar surface area (TPSA) is 79.1 Å². The number of carbonyl (C=O) groups excluding carboxylic acids is 1. The van der Waals surface area contributed by atoms with Crippen molar-refractivity contribution in [1.29, 1.82) is 5.26 Å². The van der Waals surface area contributed by atoms with E-state index in [1.807, 2.05) is 0 Å². The van der Waals surface area contributed by atoms with Crippen LogP contribution in [0.15, 0.2) is 6.20 Å². The lowest BCUT2D eigenvalue weighted by molar-refractivity contribution is 0.0588. The summed E-state index contributed by atoms with van der Waals surface area (Å²) >= 11 is 5.88. The highest BCUT2D eigenvalue weighted by Crippen LogP contribution is 2.22. The normalized spacial score (nSPS) is 10.7. The summed E-state index contributed by atoms with van der Waals surface area (Å²) in [7, 11) is 1.46. The first-order valence-electron chi connectivity index (χ1n) is 5.14. The zero-order chi connectivity index (χ0) is 13.9. The van der Waals surface area contributed by atoms with Crippen molar-refractivity contribution in [3.63, 3.8) is 0 Å². The molecule has 1 aromatic rings. The lowest BCUT2D eigenvalue weighted by Gasteiger charge is -2.24. The third-order valence-corrected chi connectivity index (χ3v) is 2.08. The Balaban J connectivity index is 3.00. The van der Waals surface area contributed by atoms with Crippen molar-refractivity contribution in [3.05, 3.63) is 17.0 Å². The van der Waals surface area contributed by atoms with E-state index < -0.39 is 11.7 Å². The molecule has 0 radical (unpaired) electrons. The van der Waals surface area contributed by atoms with Gasteiger partial charge in [-0.15, -0.1) is 0 Å². The highest BCUT2D eigenvalue weighted by atomic mass is 35.5. The fourth-order valence-corrected chi connectivity index (χ4v) is 1.28. The maximum Gasteiger partial charge on any atom is 0.415 e. The van der Waals surface area contributed by atoms with Gasteiger partial charge in [-0.1, -0.05) is 11.6 Å². The third-order valence-electron chi connectivity index (χ3n) is 1.81. The van der Waals surface area contributed by atoms with Crippen LogP contribution in [0.2, 0.25) is 5.02 Å². The second-order valence-electron chi connectivity index (χ2n) is 4.52. The van der Waals surface area contributed by atoms with Crippen LogP contribution in [0.1, 0.15) is 26.6 Å². The Kier molecular flexibility index (Phi) is 4.09. The molecular weight excluding hydrogens is 256 g/mol. The van der Waals surface area contributed by atoms with Gasteiger partial charge >= 0.3 is 6.09 Å². The van der Waals surface area contributed by atoms with E-state index in [0.717, 1.165) is 4.90 Å². The standard InChI is InChI=1S/C11H13ClN4O2/c1-11(2,3)18-10(17)16(4)9-7(12)6-14-8(5-13)15-9/h6H,1-4H3. The summed E-state index contributed by atoms with van der Waals surface area (Å²) < 4.78 is 5.17. The Bertz CT molecular complexity index is 505. The predicted octanol–water partition coefficient (Wildman–Crippen LogP) is 2.37. The molecule has 0 aliphatic heterocycles. The van der Waals surface area contributed by atoms with Gasteiger partial charge in [0.05, 0.1) is 6.20 Å². The van der Waals surface area contributed by atoms with Gasteiger partial charge in [0, 0.05) is 7.05 Å². The van der Waals surface area contributed by atoms with Gasteiger partial charge in [0.25, 0.3) is 0 Å². The molecule has 1 aromatic heterocycles. The van der Waals surface area contributed by atoms with Crippen molar-refractivity contribution in [1.82, 2.24) is 9.97 Å². The van der Waals surface area contributed by atoms with Gasteiger partial charge in [0.15, 0.2) is 5.82 Å². The van der Waals surface area contributed by atoms with Gasteiger partial charge in [-0.25, -0.2) is 9.78 Å². The number of carbonyl (C=O) groups is 1. The van der Waals surface area contributed by atoms with Crippen LogP contribution in [0.3, 0.4) is 0 Å². The smallest absolute Gasteiger partial charge is 0.415 e. The van der Waals surface area contributed by atoms with Crippen LogP contribution in [-0.4, -0.2) is 28.7 Å². The summed E-state index contributed by atoms with van der Waals surface area (Å²) in [5.41, 5.74) is -0.622. The SMILES string of the molecule is CN(C(=O)OC(C)(C)C)c1nc(C#N)ncc1Cl. The second kappa shape index (κ2) is 5.19. The van der Waals surface area contributed by atoms with Gasteiger partial charge in [0.1, 0.15) is 16.7 Å². The number of nitrogens with zero attached hydrogens (tertiary/aromatic N) is 4. The molecule has 0 aliphatic rings. The van der Waals surface area contributed by atoms with Crippen LogP contribution in [0, 0.1) is 11.3 Å². The quantitative estimate of drug-likeness (QED) is 0.781. The fraction of sp³-hybridized carbons (Fsp3) is 0.455. The van der Waals surface area contributed by atoms with Gasteiger partial charge in [-0.2, -0.15) is 10.2 Å². The molecule has 1 rings (SSSR count). The van der Waals surface area contributed by atoms with E-state index in [1.165, 1.54) is 13.2 Å². The molecule has 0 fully saturated rings. The number of rotatable bonds is 1. The molecule has 0 saturated heterocycles. The Morgan fingerprint density at radius 3 is 2.67 bits per heavy atom. The van der Waals surface area contributed by atoms with Gasteiger partial charge in [-0.3, -0.25) is 4.90 Å². The van der Waals surface area contributed by atoms with Crippen LogP contribution in [-0.2, 0) is 4.74 Å². The predicted molar refractivity (Wildman–Crippen MR) is 66.4 cm³/mol. The average Bonchev–Trinajstić information content (AvgIpc) is 2.26. The van der Waals surface area contributed by atoms with Crippen LogP contribution in [0.4, 0.5) is 10.6 Å². The van der Waals surface area contributed by atoms with Crippen molar-refractivity contribution in [2.24, 2.45) is 0 Å². The summed E-state index contributed by atoms with van der Waals surface area (Å²) in [6.45, 7) is 5.25. The largest absolute Gasteiger partial charge is 0.443 e. The van der Waals surface area contributed by atoms with E-state index in [-0.39, 0.29) is 16.7 Å². The van der Waals surface area contributed by atoms with E-state index in [4.69, 9.17) is 21.6 Å². The molecule has 0 aromatic carbocycles. The minimum atomic E-state index is -0.622. The van der Waals surface area contributed by atoms with Gasteiger partial charge < -0.3 is 4.74 Å². The minimum Gasteiger partial charge on any atom is -0.443 e. The van der Waals surface area contributed by atoms with Crippen molar-refractivity contribution in [2.45, 2.75) is 26.4 Å². The highest BCUT2D eigenvalue weighted by molar-refractivity contribution is 6.33. The maximum atomic E-state index is 11.8. The first-order chi connectivity index (χ1) is 8.24. The Hall–Kier alpha value is -1.87. The third kappa shape index (κ3) is 3.57. The number of amides is 1. The summed E-state index contributed by atoms with van der Waals surface area (Å²) in [5.74, 6) is 0.0716. The lowest BCUT2D eigenvalue weighted by Crippen LogP contribution is -2.34.